The van der Waals surface area contributed by atoms with Gasteiger partial charge in [0.15, 0.2) is 0 Å². The summed E-state index contributed by atoms with van der Waals surface area (Å²) in [5.74, 6) is 0.444. The smallest absolute Gasteiger partial charge is 0.302 e. The molecule has 3 aliphatic rings. The quantitative estimate of drug-likeness (QED) is 0.359. The third kappa shape index (κ3) is 7.08. The Morgan fingerprint density at radius 2 is 1.90 bits per heavy atom. The van der Waals surface area contributed by atoms with Gasteiger partial charge in [0, 0.05) is 82.8 Å². The van der Waals surface area contributed by atoms with Gasteiger partial charge in [0.2, 0.25) is 0 Å². The number of nitrogens with one attached hydrogen (secondary N) is 2. The number of aromatic nitrogens is 3. The average molecular weight is 655 g/mol. The van der Waals surface area contributed by atoms with E-state index in [1.807, 2.05) is 24.4 Å². The molecule has 3 aliphatic heterocycles. The molecule has 3 aromatic heterocycles. The van der Waals surface area contributed by atoms with Gasteiger partial charge in [0.1, 0.15) is 23.9 Å². The van der Waals surface area contributed by atoms with Crippen molar-refractivity contribution in [3.8, 4) is 11.1 Å². The van der Waals surface area contributed by atoms with Crippen molar-refractivity contribution < 1.29 is 14.3 Å². The largest absolute Gasteiger partial charge is 0.461 e. The first-order valence-corrected chi connectivity index (χ1v) is 16.8. The molecular weight excluding hydrogens is 608 g/mol. The van der Waals surface area contributed by atoms with Gasteiger partial charge in [-0.25, -0.2) is 9.97 Å². The van der Waals surface area contributed by atoms with Crippen LogP contribution in [0.1, 0.15) is 52.5 Å². The molecule has 2 saturated heterocycles. The van der Waals surface area contributed by atoms with E-state index in [1.54, 1.807) is 30.4 Å². The molecule has 0 radical (unpaired) electrons. The van der Waals surface area contributed by atoms with Crippen LogP contribution in [0.2, 0.25) is 0 Å². The van der Waals surface area contributed by atoms with E-state index in [4.69, 9.17) is 4.74 Å². The second kappa shape index (κ2) is 13.8. The molecule has 6 heterocycles. The molecule has 254 valence electrons. The summed E-state index contributed by atoms with van der Waals surface area (Å²) in [5.41, 5.74) is 4.05. The summed E-state index contributed by atoms with van der Waals surface area (Å²) in [5, 5.41) is 6.56. The number of pyridine rings is 3. The van der Waals surface area contributed by atoms with Crippen LogP contribution in [0.25, 0.3) is 11.1 Å². The zero-order valence-electron chi connectivity index (χ0n) is 28.6. The number of esters is 1. The molecule has 0 aromatic carbocycles. The van der Waals surface area contributed by atoms with Crippen LogP contribution in [0, 0.1) is 5.41 Å². The Morgan fingerprint density at radius 1 is 1.10 bits per heavy atom. The maximum Gasteiger partial charge on any atom is 0.302 e. The van der Waals surface area contributed by atoms with Gasteiger partial charge in [-0.05, 0) is 61.4 Å². The van der Waals surface area contributed by atoms with E-state index in [1.165, 1.54) is 11.5 Å². The normalized spacial score (nSPS) is 19.6. The Morgan fingerprint density at radius 3 is 2.62 bits per heavy atom. The highest BCUT2D eigenvalue weighted by Crippen LogP contribution is 2.37. The molecule has 1 atom stereocenters. The maximum absolute atomic E-state index is 14.2. The Bertz CT molecular complexity index is 1760. The Hall–Kier alpha value is -4.71. The molecule has 1 unspecified atom stereocenters. The number of carbonyl (C=O) groups excluding carboxylic acids is 2. The number of fused-ring (bicyclic) bond motifs is 1. The van der Waals surface area contributed by atoms with Crippen molar-refractivity contribution in [3.05, 3.63) is 70.5 Å². The Balaban J connectivity index is 1.34. The van der Waals surface area contributed by atoms with Gasteiger partial charge in [0.25, 0.3) is 11.5 Å². The van der Waals surface area contributed by atoms with Crippen molar-refractivity contribution in [2.24, 2.45) is 12.5 Å². The van der Waals surface area contributed by atoms with Crippen molar-refractivity contribution in [2.45, 2.75) is 59.6 Å². The summed E-state index contributed by atoms with van der Waals surface area (Å²) in [6, 6.07) is 7.70. The number of rotatable bonds is 7. The highest BCUT2D eigenvalue weighted by molar-refractivity contribution is 6.06. The number of aryl methyl sites for hydroxylation is 1. The SMILES string of the molecule is CC(=O)OCc1c(-c2cc(Nc3ccc(N4CCNCC4)cn3)c(=O)n(C)c2)ccnc1N1CCN2C(=CCCC(C)(C)CC2C)C1=O. The third-order valence-electron chi connectivity index (χ3n) is 9.57. The molecular formula is C36H46N8O4. The predicted molar refractivity (Wildman–Crippen MR) is 187 cm³/mol. The van der Waals surface area contributed by atoms with Crippen LogP contribution in [0.15, 0.2) is 59.4 Å². The van der Waals surface area contributed by atoms with Crippen molar-refractivity contribution in [1.29, 1.82) is 0 Å². The molecule has 6 rings (SSSR count). The lowest BCUT2D eigenvalue weighted by molar-refractivity contribution is -0.142. The van der Waals surface area contributed by atoms with Crippen LogP contribution in [0.5, 0.6) is 0 Å². The zero-order chi connectivity index (χ0) is 34.0. The van der Waals surface area contributed by atoms with Crippen molar-refractivity contribution in [1.82, 2.24) is 24.8 Å². The number of nitrogens with zero attached hydrogens (tertiary/aromatic N) is 6. The van der Waals surface area contributed by atoms with E-state index in [0.29, 0.717) is 52.8 Å². The molecule has 0 saturated carbocycles. The standard InChI is InChI=1S/C36H46N8O4/c1-24-20-36(3,4)11-6-7-31-35(47)44(18-17-43(24)31)33-29(23-48-25(2)45)28(10-12-38-33)26-19-30(34(46)41(5)22-26)40-32-9-8-27(21-39-32)42-15-13-37-14-16-42/h7-10,12,19,21-22,24,37H,6,11,13-18,20,23H2,1-5H3,(H,39,40). The molecule has 12 heteroatoms. The molecule has 2 N–H and O–H groups in total. The van der Waals surface area contributed by atoms with Gasteiger partial charge >= 0.3 is 5.97 Å². The molecule has 1 amide bonds. The first-order valence-electron chi connectivity index (χ1n) is 16.8. The first-order chi connectivity index (χ1) is 23.0. The highest BCUT2D eigenvalue weighted by Gasteiger charge is 2.37. The minimum Gasteiger partial charge on any atom is -0.461 e. The van der Waals surface area contributed by atoms with Gasteiger partial charge in [-0.3, -0.25) is 19.3 Å². The monoisotopic (exact) mass is 654 g/mol. The fraction of sp³-hybridized carbons (Fsp3) is 0.472. The Labute approximate surface area is 281 Å². The topological polar surface area (TPSA) is 125 Å². The number of anilines is 4. The lowest BCUT2D eigenvalue weighted by atomic mass is 9.80. The van der Waals surface area contributed by atoms with Crippen molar-refractivity contribution in [2.75, 3.05) is 54.4 Å². The maximum atomic E-state index is 14.2. The van der Waals surface area contributed by atoms with Crippen LogP contribution < -0.4 is 26.0 Å². The summed E-state index contributed by atoms with van der Waals surface area (Å²) < 4.78 is 7.05. The second-order valence-corrected chi connectivity index (χ2v) is 13.8. The van der Waals surface area contributed by atoms with E-state index >= 15 is 0 Å². The molecule has 12 nitrogen and oxygen atoms in total. The molecule has 0 aliphatic carbocycles. The van der Waals surface area contributed by atoms with E-state index in [2.05, 4.69) is 57.2 Å². The van der Waals surface area contributed by atoms with Crippen LogP contribution in [-0.2, 0) is 28.0 Å². The number of amides is 1. The van der Waals surface area contributed by atoms with Gasteiger partial charge < -0.3 is 29.7 Å². The van der Waals surface area contributed by atoms with Gasteiger partial charge in [-0.2, -0.15) is 0 Å². The van der Waals surface area contributed by atoms with Crippen LogP contribution in [0.4, 0.5) is 23.0 Å². The summed E-state index contributed by atoms with van der Waals surface area (Å²) >= 11 is 0. The minimum absolute atomic E-state index is 0.0778. The molecule has 0 bridgehead atoms. The van der Waals surface area contributed by atoms with E-state index in [-0.39, 0.29) is 29.5 Å². The average Bonchev–Trinajstić information content (AvgIpc) is 3.06. The summed E-state index contributed by atoms with van der Waals surface area (Å²) in [6.07, 6.45) is 10.1. The lowest BCUT2D eigenvalue weighted by Gasteiger charge is -2.44. The summed E-state index contributed by atoms with van der Waals surface area (Å²) in [4.78, 5) is 55.0. The fourth-order valence-corrected chi connectivity index (χ4v) is 7.12. The van der Waals surface area contributed by atoms with E-state index < -0.39 is 5.97 Å². The van der Waals surface area contributed by atoms with Crippen molar-refractivity contribution in [3.63, 3.8) is 0 Å². The van der Waals surface area contributed by atoms with Crippen molar-refractivity contribution >= 4 is 34.9 Å². The molecule has 2 fully saturated rings. The van der Waals surface area contributed by atoms with Gasteiger partial charge in [-0.1, -0.05) is 19.9 Å². The van der Waals surface area contributed by atoms with Crippen LogP contribution >= 0.6 is 0 Å². The van der Waals surface area contributed by atoms with Crippen LogP contribution in [0.3, 0.4) is 0 Å². The molecule has 0 spiro atoms. The second-order valence-electron chi connectivity index (χ2n) is 13.8. The van der Waals surface area contributed by atoms with Gasteiger partial charge in [-0.15, -0.1) is 0 Å². The van der Waals surface area contributed by atoms with E-state index in [9.17, 15) is 14.4 Å². The molecule has 3 aromatic rings. The number of carbonyl (C=O) groups is 2. The third-order valence-corrected chi connectivity index (χ3v) is 9.57. The fourth-order valence-electron chi connectivity index (χ4n) is 7.12. The Kier molecular flexibility index (Phi) is 9.54. The van der Waals surface area contributed by atoms with Gasteiger partial charge in [0.05, 0.1) is 17.6 Å². The number of ether oxygens (including phenoxy) is 1. The summed E-state index contributed by atoms with van der Waals surface area (Å²) in [6.45, 7) is 12.9. The molecule has 48 heavy (non-hydrogen) atoms. The van der Waals surface area contributed by atoms with Crippen LogP contribution in [-0.4, -0.2) is 76.6 Å². The lowest BCUT2D eigenvalue weighted by Crippen LogP contribution is -2.53. The number of hydrogen-bond donors (Lipinski definition) is 2. The number of piperazine rings is 2. The number of allylic oxidation sites excluding steroid dienone is 1. The predicted octanol–water partition coefficient (Wildman–Crippen LogP) is 4.19. The first kappa shape index (κ1) is 33.2. The number of hydrogen-bond acceptors (Lipinski definition) is 10. The van der Waals surface area contributed by atoms with E-state index in [0.717, 1.165) is 51.1 Å². The summed E-state index contributed by atoms with van der Waals surface area (Å²) in [7, 11) is 1.69. The minimum atomic E-state index is -0.441. The highest BCUT2D eigenvalue weighted by atomic mass is 16.5. The zero-order valence-corrected chi connectivity index (χ0v) is 28.6.